The average Bonchev–Trinajstić information content (AvgIpc) is 2.29. The van der Waals surface area contributed by atoms with Crippen LogP contribution in [0.3, 0.4) is 0 Å². The lowest BCUT2D eigenvalue weighted by atomic mass is 10.2. The molecule has 2 rings (SSSR count). The minimum absolute atomic E-state index is 0.000648. The van der Waals surface area contributed by atoms with Crippen molar-refractivity contribution in [1.82, 2.24) is 0 Å². The van der Waals surface area contributed by atoms with Crippen molar-refractivity contribution in [3.63, 3.8) is 0 Å². The van der Waals surface area contributed by atoms with Crippen molar-refractivity contribution in [3.8, 4) is 0 Å². The molecule has 0 unspecified atom stereocenters. The first-order valence-electron chi connectivity index (χ1n) is 4.85. The molecular weight excluding hydrogens is 186 g/mol. The Morgan fingerprint density at radius 1 is 1.07 bits per heavy atom. The predicted molar refractivity (Wildman–Crippen MR) is 57.5 cm³/mol. The van der Waals surface area contributed by atoms with Crippen molar-refractivity contribution < 1.29 is 9.36 Å². The largest absolute Gasteiger partial charge is 0.424 e. The summed E-state index contributed by atoms with van der Waals surface area (Å²) in [6.45, 7) is 1.97. The molecule has 0 aliphatic rings. The monoisotopic (exact) mass is 198 g/mol. The molecule has 0 atom stereocenters. The third-order valence-corrected chi connectivity index (χ3v) is 2.20. The van der Waals surface area contributed by atoms with E-state index < -0.39 is 0 Å². The number of hydrogen-bond acceptors (Lipinski definition) is 1. The van der Waals surface area contributed by atoms with Crippen LogP contribution in [0.1, 0.15) is 15.9 Å². The van der Waals surface area contributed by atoms with Crippen molar-refractivity contribution in [2.24, 2.45) is 0 Å². The van der Waals surface area contributed by atoms with Gasteiger partial charge in [-0.1, -0.05) is 18.2 Å². The standard InChI is InChI=1S/C13H12NO/c1-11-6-5-9-14(10-11)13(15)12-7-3-2-4-8-12/h2-10H,1H3/q+1. The number of hydrogen-bond donors (Lipinski definition) is 0. The first-order chi connectivity index (χ1) is 7.27. The van der Waals surface area contributed by atoms with Crippen LogP contribution in [0.5, 0.6) is 0 Å². The maximum atomic E-state index is 12.0. The van der Waals surface area contributed by atoms with Gasteiger partial charge in [0.15, 0.2) is 12.4 Å². The van der Waals surface area contributed by atoms with Gasteiger partial charge in [0.2, 0.25) is 0 Å². The lowest BCUT2D eigenvalue weighted by Crippen LogP contribution is -2.42. The zero-order valence-electron chi connectivity index (χ0n) is 8.55. The molecular formula is C13H12NO+. The summed E-state index contributed by atoms with van der Waals surface area (Å²) in [4.78, 5) is 12.0. The van der Waals surface area contributed by atoms with Gasteiger partial charge >= 0.3 is 5.91 Å². The van der Waals surface area contributed by atoms with Crippen LogP contribution in [-0.2, 0) is 0 Å². The molecule has 0 saturated heterocycles. The number of aromatic nitrogens is 1. The van der Waals surface area contributed by atoms with Gasteiger partial charge < -0.3 is 0 Å². The number of carbonyl (C=O) groups is 1. The van der Waals surface area contributed by atoms with Gasteiger partial charge in [-0.2, -0.15) is 0 Å². The molecule has 0 fully saturated rings. The van der Waals surface area contributed by atoms with Crippen LogP contribution in [-0.4, -0.2) is 5.91 Å². The van der Waals surface area contributed by atoms with E-state index in [1.165, 1.54) is 0 Å². The van der Waals surface area contributed by atoms with E-state index in [4.69, 9.17) is 0 Å². The number of pyridine rings is 1. The highest BCUT2D eigenvalue weighted by Crippen LogP contribution is 1.98. The molecule has 0 radical (unpaired) electrons. The van der Waals surface area contributed by atoms with E-state index in [9.17, 15) is 4.79 Å². The molecule has 0 saturated carbocycles. The second-order valence-corrected chi connectivity index (χ2v) is 3.46. The van der Waals surface area contributed by atoms with E-state index in [0.717, 1.165) is 5.56 Å². The van der Waals surface area contributed by atoms with Crippen LogP contribution >= 0.6 is 0 Å². The lowest BCUT2D eigenvalue weighted by Gasteiger charge is -1.95. The number of nitrogens with zero attached hydrogens (tertiary/aromatic N) is 1. The van der Waals surface area contributed by atoms with Gasteiger partial charge in [0.05, 0.1) is 5.56 Å². The fourth-order valence-electron chi connectivity index (χ4n) is 1.45. The van der Waals surface area contributed by atoms with Crippen LogP contribution in [0, 0.1) is 6.92 Å². The number of carbonyl (C=O) groups excluding carboxylic acids is 1. The Bertz CT molecular complexity index is 477. The third kappa shape index (κ3) is 2.10. The second-order valence-electron chi connectivity index (χ2n) is 3.46. The van der Waals surface area contributed by atoms with Crippen molar-refractivity contribution in [2.45, 2.75) is 6.92 Å². The summed E-state index contributed by atoms with van der Waals surface area (Å²) in [6, 6.07) is 13.1. The minimum Gasteiger partial charge on any atom is -0.214 e. The van der Waals surface area contributed by atoms with Gasteiger partial charge in [-0.3, -0.25) is 0 Å². The zero-order chi connectivity index (χ0) is 10.7. The molecule has 0 N–H and O–H groups in total. The van der Waals surface area contributed by atoms with E-state index in [-0.39, 0.29) is 5.91 Å². The van der Waals surface area contributed by atoms with Crippen molar-refractivity contribution in [2.75, 3.05) is 0 Å². The van der Waals surface area contributed by atoms with Gasteiger partial charge in [0.1, 0.15) is 0 Å². The van der Waals surface area contributed by atoms with Crippen molar-refractivity contribution in [3.05, 3.63) is 66.0 Å². The van der Waals surface area contributed by atoms with Crippen LogP contribution in [0.4, 0.5) is 0 Å². The Hall–Kier alpha value is -1.96. The van der Waals surface area contributed by atoms with Gasteiger partial charge in [-0.25, -0.2) is 4.79 Å². The Kier molecular flexibility index (Phi) is 2.59. The summed E-state index contributed by atoms with van der Waals surface area (Å²) in [5.74, 6) is -0.000648. The second kappa shape index (κ2) is 4.05. The summed E-state index contributed by atoms with van der Waals surface area (Å²) in [5.41, 5.74) is 1.77. The molecule has 0 bridgehead atoms. The predicted octanol–water partition coefficient (Wildman–Crippen LogP) is 1.97. The maximum absolute atomic E-state index is 12.0. The first-order valence-corrected chi connectivity index (χ1v) is 4.85. The Morgan fingerprint density at radius 3 is 2.47 bits per heavy atom. The van der Waals surface area contributed by atoms with Crippen molar-refractivity contribution in [1.29, 1.82) is 0 Å². The Morgan fingerprint density at radius 2 is 1.80 bits per heavy atom. The third-order valence-electron chi connectivity index (χ3n) is 2.20. The molecule has 1 aromatic heterocycles. The normalized spacial score (nSPS) is 9.93. The van der Waals surface area contributed by atoms with Crippen molar-refractivity contribution >= 4 is 5.91 Å². The van der Waals surface area contributed by atoms with Crippen LogP contribution in [0.2, 0.25) is 0 Å². The molecule has 1 aromatic carbocycles. The number of rotatable bonds is 1. The fraction of sp³-hybridized carbons (Fsp3) is 0.0769. The topological polar surface area (TPSA) is 20.9 Å². The molecule has 0 aliphatic heterocycles. The molecule has 0 amide bonds. The van der Waals surface area contributed by atoms with Gasteiger partial charge in [-0.15, -0.1) is 4.57 Å². The highest BCUT2D eigenvalue weighted by Gasteiger charge is 2.15. The molecule has 2 aromatic rings. The summed E-state index contributed by atoms with van der Waals surface area (Å²) < 4.78 is 1.60. The Balaban J connectivity index is 2.37. The van der Waals surface area contributed by atoms with Gasteiger partial charge in [0, 0.05) is 11.6 Å². The van der Waals surface area contributed by atoms with Gasteiger partial charge in [-0.05, 0) is 25.1 Å². The molecule has 2 nitrogen and oxygen atoms in total. The summed E-state index contributed by atoms with van der Waals surface area (Å²) in [7, 11) is 0. The fourth-order valence-corrected chi connectivity index (χ4v) is 1.45. The molecule has 74 valence electrons. The summed E-state index contributed by atoms with van der Waals surface area (Å²) in [6.07, 6.45) is 3.59. The highest BCUT2D eigenvalue weighted by atomic mass is 16.2. The van der Waals surface area contributed by atoms with E-state index in [0.29, 0.717) is 5.56 Å². The summed E-state index contributed by atoms with van der Waals surface area (Å²) >= 11 is 0. The maximum Gasteiger partial charge on any atom is 0.424 e. The van der Waals surface area contributed by atoms with E-state index in [1.54, 1.807) is 10.8 Å². The van der Waals surface area contributed by atoms with E-state index in [2.05, 4.69) is 0 Å². The Labute approximate surface area is 88.8 Å². The van der Waals surface area contributed by atoms with E-state index >= 15 is 0 Å². The van der Waals surface area contributed by atoms with Crippen LogP contribution < -0.4 is 4.57 Å². The quantitative estimate of drug-likeness (QED) is 0.642. The summed E-state index contributed by atoms with van der Waals surface area (Å²) in [5, 5.41) is 0. The van der Waals surface area contributed by atoms with E-state index in [1.807, 2.05) is 55.6 Å². The molecule has 0 spiro atoms. The number of aryl methyl sites for hydroxylation is 1. The minimum atomic E-state index is -0.000648. The molecule has 1 heterocycles. The average molecular weight is 198 g/mol. The lowest BCUT2D eigenvalue weighted by molar-refractivity contribution is -0.571. The number of benzene rings is 1. The molecule has 2 heteroatoms. The van der Waals surface area contributed by atoms with Gasteiger partial charge in [0.25, 0.3) is 0 Å². The van der Waals surface area contributed by atoms with Crippen LogP contribution in [0.25, 0.3) is 0 Å². The molecule has 0 aliphatic carbocycles. The SMILES string of the molecule is Cc1ccc[n+](C(=O)c2ccccc2)c1. The van der Waals surface area contributed by atoms with Crippen LogP contribution in [0.15, 0.2) is 54.9 Å². The zero-order valence-corrected chi connectivity index (χ0v) is 8.55. The first kappa shape index (κ1) is 9.59. The highest BCUT2D eigenvalue weighted by molar-refractivity contribution is 5.86. The molecule has 15 heavy (non-hydrogen) atoms. The smallest absolute Gasteiger partial charge is 0.214 e.